The highest BCUT2D eigenvalue weighted by Gasteiger charge is 2.13. The van der Waals surface area contributed by atoms with Crippen LogP contribution in [0.1, 0.15) is 18.1 Å². The molecule has 0 aromatic heterocycles. The quantitative estimate of drug-likeness (QED) is 0.742. The van der Waals surface area contributed by atoms with Crippen LogP contribution < -0.4 is 14.8 Å². The lowest BCUT2D eigenvalue weighted by Gasteiger charge is -2.13. The summed E-state index contributed by atoms with van der Waals surface area (Å²) in [6.07, 6.45) is 0.752. The van der Waals surface area contributed by atoms with Crippen LogP contribution in [0.25, 0.3) is 0 Å². The van der Waals surface area contributed by atoms with E-state index in [0.717, 1.165) is 17.7 Å². The zero-order valence-corrected chi connectivity index (χ0v) is 15.8. The van der Waals surface area contributed by atoms with Crippen LogP contribution in [-0.2, 0) is 17.0 Å². The number of rotatable bonds is 9. The van der Waals surface area contributed by atoms with Crippen LogP contribution in [-0.4, -0.2) is 31.9 Å². The van der Waals surface area contributed by atoms with E-state index < -0.39 is 0 Å². The minimum atomic E-state index is -0.0781. The third-order valence-electron chi connectivity index (χ3n) is 3.87. The first-order valence-corrected chi connectivity index (χ1v) is 9.33. The smallest absolute Gasteiger partial charge is 0.232 e. The second-order valence-electron chi connectivity index (χ2n) is 5.67. The Kier molecular flexibility index (Phi) is 7.67. The van der Waals surface area contributed by atoms with E-state index in [4.69, 9.17) is 9.47 Å². The Morgan fingerprint density at radius 3 is 2.44 bits per heavy atom. The van der Waals surface area contributed by atoms with Crippen molar-refractivity contribution in [1.29, 1.82) is 0 Å². The summed E-state index contributed by atoms with van der Waals surface area (Å²) in [5.74, 6) is 2.33. The Balaban J connectivity index is 1.76. The van der Waals surface area contributed by atoms with Crippen molar-refractivity contribution in [3.8, 4) is 11.5 Å². The molecular formula is C20H25NO3S. The molecule has 0 aliphatic heterocycles. The first kappa shape index (κ1) is 19.2. The summed E-state index contributed by atoms with van der Waals surface area (Å²) in [7, 11) is 3.24. The Hall–Kier alpha value is -2.14. The van der Waals surface area contributed by atoms with Gasteiger partial charge in [0.25, 0.3) is 0 Å². The second-order valence-corrected chi connectivity index (χ2v) is 7.00. The first-order chi connectivity index (χ1) is 12.1. The lowest BCUT2D eigenvalue weighted by molar-refractivity contribution is -0.120. The molecule has 25 heavy (non-hydrogen) atoms. The van der Waals surface area contributed by atoms with E-state index >= 15 is 0 Å². The summed E-state index contributed by atoms with van der Waals surface area (Å²) in [6, 6.07) is 16.0. The number of carbonyl (C=O) groups is 1. The van der Waals surface area contributed by atoms with E-state index in [0.29, 0.717) is 18.0 Å². The highest BCUT2D eigenvalue weighted by atomic mass is 32.2. The lowest BCUT2D eigenvalue weighted by Crippen LogP contribution is -2.32. The van der Waals surface area contributed by atoms with Gasteiger partial charge < -0.3 is 14.8 Å². The summed E-state index contributed by atoms with van der Waals surface area (Å²) in [6.45, 7) is 2.55. The highest BCUT2D eigenvalue weighted by molar-refractivity contribution is 7.99. The summed E-state index contributed by atoms with van der Waals surface area (Å²) in [5.41, 5.74) is 2.33. The van der Waals surface area contributed by atoms with E-state index in [2.05, 4.69) is 17.4 Å². The fraction of sp³-hybridized carbons (Fsp3) is 0.350. The van der Waals surface area contributed by atoms with Gasteiger partial charge in [-0.15, -0.1) is 11.8 Å². The molecule has 0 aliphatic rings. The molecule has 0 bridgehead atoms. The molecule has 2 aromatic rings. The van der Waals surface area contributed by atoms with Gasteiger partial charge in [-0.25, -0.2) is 0 Å². The number of hydrogen-bond acceptors (Lipinski definition) is 4. The fourth-order valence-corrected chi connectivity index (χ4v) is 3.25. The van der Waals surface area contributed by atoms with Crippen LogP contribution in [0.15, 0.2) is 48.5 Å². The van der Waals surface area contributed by atoms with Gasteiger partial charge in [-0.2, -0.15) is 0 Å². The molecule has 0 heterocycles. The zero-order chi connectivity index (χ0) is 18.1. The molecule has 2 aromatic carbocycles. The Morgan fingerprint density at radius 2 is 1.76 bits per heavy atom. The van der Waals surface area contributed by atoms with Crippen molar-refractivity contribution in [3.63, 3.8) is 0 Å². The van der Waals surface area contributed by atoms with E-state index in [1.165, 1.54) is 5.56 Å². The molecular weight excluding hydrogens is 334 g/mol. The predicted octanol–water partition coefficient (Wildman–Crippen LogP) is 3.68. The van der Waals surface area contributed by atoms with Crippen LogP contribution in [0.5, 0.6) is 11.5 Å². The molecule has 0 aliphatic carbocycles. The number of thioether (sulfide) groups is 1. The van der Waals surface area contributed by atoms with E-state index in [1.54, 1.807) is 26.0 Å². The van der Waals surface area contributed by atoms with Crippen molar-refractivity contribution in [1.82, 2.24) is 5.32 Å². The van der Waals surface area contributed by atoms with Crippen molar-refractivity contribution in [2.75, 3.05) is 20.8 Å². The third kappa shape index (κ3) is 6.02. The number of benzene rings is 2. The molecule has 4 nitrogen and oxygen atoms in total. The molecule has 1 amide bonds. The maximum absolute atomic E-state index is 12.2. The Morgan fingerprint density at radius 1 is 1.04 bits per heavy atom. The molecule has 1 N–H and O–H groups in total. The van der Waals surface area contributed by atoms with Gasteiger partial charge in [0.15, 0.2) is 11.5 Å². The third-order valence-corrected chi connectivity index (χ3v) is 5.09. The normalized spacial score (nSPS) is 11.6. The molecule has 134 valence electrons. The zero-order valence-electron chi connectivity index (χ0n) is 15.0. The van der Waals surface area contributed by atoms with Gasteiger partial charge in [0, 0.05) is 12.3 Å². The molecule has 0 spiro atoms. The Labute approximate surface area is 153 Å². The SMILES string of the molecule is COc1ccc(CCNC(=O)C(C)SCc2ccccc2)cc1OC. The minimum Gasteiger partial charge on any atom is -0.493 e. The van der Waals surface area contributed by atoms with Gasteiger partial charge in [-0.05, 0) is 36.6 Å². The number of amides is 1. The van der Waals surface area contributed by atoms with Crippen molar-refractivity contribution in [2.45, 2.75) is 24.3 Å². The molecule has 5 heteroatoms. The monoisotopic (exact) mass is 359 g/mol. The predicted molar refractivity (Wildman–Crippen MR) is 103 cm³/mol. The average molecular weight is 359 g/mol. The van der Waals surface area contributed by atoms with Crippen molar-refractivity contribution in [3.05, 3.63) is 59.7 Å². The largest absolute Gasteiger partial charge is 0.493 e. The first-order valence-electron chi connectivity index (χ1n) is 8.28. The van der Waals surface area contributed by atoms with Crippen molar-refractivity contribution < 1.29 is 14.3 Å². The van der Waals surface area contributed by atoms with Gasteiger partial charge in [0.2, 0.25) is 5.91 Å². The molecule has 0 radical (unpaired) electrons. The summed E-state index contributed by atoms with van der Waals surface area (Å²) >= 11 is 1.65. The van der Waals surface area contributed by atoms with Gasteiger partial charge in [-0.3, -0.25) is 4.79 Å². The number of nitrogens with one attached hydrogen (secondary N) is 1. The highest BCUT2D eigenvalue weighted by Crippen LogP contribution is 2.27. The molecule has 0 fully saturated rings. The maximum Gasteiger partial charge on any atom is 0.232 e. The minimum absolute atomic E-state index is 0.0707. The van der Waals surface area contributed by atoms with Gasteiger partial charge in [-0.1, -0.05) is 36.4 Å². The number of hydrogen-bond donors (Lipinski definition) is 1. The molecule has 1 atom stereocenters. The van der Waals surface area contributed by atoms with Crippen LogP contribution in [0, 0.1) is 0 Å². The summed E-state index contributed by atoms with van der Waals surface area (Å²) in [4.78, 5) is 12.2. The van der Waals surface area contributed by atoms with E-state index in [9.17, 15) is 4.79 Å². The maximum atomic E-state index is 12.2. The van der Waals surface area contributed by atoms with E-state index in [1.807, 2.05) is 43.3 Å². The van der Waals surface area contributed by atoms with E-state index in [-0.39, 0.29) is 11.2 Å². The van der Waals surface area contributed by atoms with Crippen LogP contribution in [0.3, 0.4) is 0 Å². The van der Waals surface area contributed by atoms with Crippen LogP contribution >= 0.6 is 11.8 Å². The van der Waals surface area contributed by atoms with Gasteiger partial charge >= 0.3 is 0 Å². The molecule has 1 unspecified atom stereocenters. The number of carbonyl (C=O) groups excluding carboxylic acids is 1. The molecule has 2 rings (SSSR count). The number of methoxy groups -OCH3 is 2. The van der Waals surface area contributed by atoms with Crippen LogP contribution in [0.2, 0.25) is 0 Å². The molecule has 0 saturated heterocycles. The lowest BCUT2D eigenvalue weighted by atomic mass is 10.1. The second kappa shape index (κ2) is 9.99. The Bertz CT molecular complexity index is 676. The summed E-state index contributed by atoms with van der Waals surface area (Å²) in [5, 5.41) is 2.92. The van der Waals surface area contributed by atoms with Gasteiger partial charge in [0.1, 0.15) is 0 Å². The molecule has 0 saturated carbocycles. The van der Waals surface area contributed by atoms with Crippen LogP contribution in [0.4, 0.5) is 0 Å². The number of ether oxygens (including phenoxy) is 2. The average Bonchev–Trinajstić information content (AvgIpc) is 2.66. The fourth-order valence-electron chi connectivity index (χ4n) is 2.38. The van der Waals surface area contributed by atoms with Crippen molar-refractivity contribution in [2.24, 2.45) is 0 Å². The summed E-state index contributed by atoms with van der Waals surface area (Å²) < 4.78 is 10.5. The van der Waals surface area contributed by atoms with Gasteiger partial charge in [0.05, 0.1) is 19.5 Å². The van der Waals surface area contributed by atoms with Crippen molar-refractivity contribution >= 4 is 17.7 Å². The standard InChI is InChI=1S/C20H25NO3S/c1-15(25-14-17-7-5-4-6-8-17)20(22)21-12-11-16-9-10-18(23-2)19(13-16)24-3/h4-10,13,15H,11-12,14H2,1-3H3,(H,21,22). The topological polar surface area (TPSA) is 47.6 Å².